The van der Waals surface area contributed by atoms with Crippen molar-refractivity contribution >= 4 is 17.4 Å². The van der Waals surface area contributed by atoms with Crippen molar-refractivity contribution in [3.63, 3.8) is 0 Å². The number of benzene rings is 1. The number of unbranched alkanes of at least 4 members (excludes halogenated alkanes) is 2. The van der Waals surface area contributed by atoms with Gasteiger partial charge in [0.1, 0.15) is 23.6 Å². The van der Waals surface area contributed by atoms with E-state index in [1.807, 2.05) is 12.1 Å². The molecule has 6 nitrogen and oxygen atoms in total. The normalized spacial score (nSPS) is 10.2. The highest BCUT2D eigenvalue weighted by molar-refractivity contribution is 6.03. The third kappa shape index (κ3) is 5.25. The first kappa shape index (κ1) is 16.7. The number of carbonyl (C=O) groups excluding carboxylic acids is 1. The van der Waals surface area contributed by atoms with E-state index < -0.39 is 0 Å². The molecule has 23 heavy (non-hydrogen) atoms. The van der Waals surface area contributed by atoms with E-state index in [4.69, 9.17) is 4.74 Å². The molecule has 0 aliphatic rings. The molecule has 1 aromatic heterocycles. The predicted octanol–water partition coefficient (Wildman–Crippen LogP) is 3.34. The number of aromatic nitrogens is 2. The van der Waals surface area contributed by atoms with Gasteiger partial charge in [0.05, 0.1) is 7.11 Å². The lowest BCUT2D eigenvalue weighted by Crippen LogP contribution is -2.15. The van der Waals surface area contributed by atoms with Crippen LogP contribution in [0.25, 0.3) is 0 Å². The average Bonchev–Trinajstić information content (AvgIpc) is 2.59. The summed E-state index contributed by atoms with van der Waals surface area (Å²) in [6.07, 6.45) is 4.80. The zero-order chi connectivity index (χ0) is 16.5. The molecule has 0 aliphatic heterocycles. The summed E-state index contributed by atoms with van der Waals surface area (Å²) in [4.78, 5) is 20.4. The number of nitrogens with zero attached hydrogens (tertiary/aromatic N) is 2. The smallest absolute Gasteiger partial charge is 0.274 e. The van der Waals surface area contributed by atoms with Crippen molar-refractivity contribution in [3.05, 3.63) is 42.4 Å². The van der Waals surface area contributed by atoms with Gasteiger partial charge in [0, 0.05) is 24.4 Å². The fourth-order valence-electron chi connectivity index (χ4n) is 2.07. The maximum absolute atomic E-state index is 12.3. The molecule has 0 radical (unpaired) electrons. The van der Waals surface area contributed by atoms with Gasteiger partial charge in [-0.3, -0.25) is 4.79 Å². The number of amides is 1. The third-order valence-corrected chi connectivity index (χ3v) is 3.31. The summed E-state index contributed by atoms with van der Waals surface area (Å²) in [5.74, 6) is 1.06. The highest BCUT2D eigenvalue weighted by Crippen LogP contribution is 2.17. The SMILES string of the molecule is CCCCCNc1cc(C(=O)Nc2cccc(OC)c2)ncn1. The highest BCUT2D eigenvalue weighted by Gasteiger charge is 2.09. The number of methoxy groups -OCH3 is 1. The molecule has 1 heterocycles. The molecule has 0 atom stereocenters. The van der Waals surface area contributed by atoms with Crippen molar-refractivity contribution in [3.8, 4) is 5.75 Å². The van der Waals surface area contributed by atoms with Crippen LogP contribution >= 0.6 is 0 Å². The maximum atomic E-state index is 12.3. The average molecular weight is 314 g/mol. The van der Waals surface area contributed by atoms with Crippen molar-refractivity contribution in [2.75, 3.05) is 24.3 Å². The minimum atomic E-state index is -0.280. The summed E-state index contributed by atoms with van der Waals surface area (Å²) in [5, 5.41) is 6.01. The Labute approximate surface area is 136 Å². The standard InChI is InChI=1S/C17H22N4O2/c1-3-4-5-9-18-16-11-15(19-12-20-16)17(22)21-13-7-6-8-14(10-13)23-2/h6-8,10-12H,3-5,9H2,1-2H3,(H,21,22)(H,18,19,20). The minimum Gasteiger partial charge on any atom is -0.497 e. The second kappa shape index (κ2) is 8.73. The lowest BCUT2D eigenvalue weighted by atomic mass is 10.2. The molecule has 0 saturated carbocycles. The molecule has 0 fully saturated rings. The van der Waals surface area contributed by atoms with Crippen LogP contribution in [0.15, 0.2) is 36.7 Å². The fourth-order valence-corrected chi connectivity index (χ4v) is 2.07. The number of ether oxygens (including phenoxy) is 1. The van der Waals surface area contributed by atoms with Gasteiger partial charge in [-0.15, -0.1) is 0 Å². The van der Waals surface area contributed by atoms with Crippen LogP contribution in [0.1, 0.15) is 36.7 Å². The Bertz CT molecular complexity index is 646. The van der Waals surface area contributed by atoms with E-state index in [9.17, 15) is 4.79 Å². The topological polar surface area (TPSA) is 76.1 Å². The van der Waals surface area contributed by atoms with Crippen LogP contribution in [-0.2, 0) is 0 Å². The van der Waals surface area contributed by atoms with E-state index in [1.165, 1.54) is 19.2 Å². The second-order valence-electron chi connectivity index (χ2n) is 5.11. The first-order valence-corrected chi connectivity index (χ1v) is 7.74. The number of carbonyl (C=O) groups is 1. The third-order valence-electron chi connectivity index (χ3n) is 3.31. The van der Waals surface area contributed by atoms with E-state index in [2.05, 4.69) is 27.5 Å². The zero-order valence-corrected chi connectivity index (χ0v) is 13.5. The first-order chi connectivity index (χ1) is 11.2. The second-order valence-corrected chi connectivity index (χ2v) is 5.11. The van der Waals surface area contributed by atoms with Crippen LogP contribution in [-0.4, -0.2) is 29.5 Å². The molecule has 2 aromatic rings. The number of nitrogens with one attached hydrogen (secondary N) is 2. The van der Waals surface area contributed by atoms with E-state index in [0.29, 0.717) is 22.9 Å². The van der Waals surface area contributed by atoms with Gasteiger partial charge >= 0.3 is 0 Å². The zero-order valence-electron chi connectivity index (χ0n) is 13.5. The van der Waals surface area contributed by atoms with Crippen LogP contribution in [0, 0.1) is 0 Å². The van der Waals surface area contributed by atoms with Crippen LogP contribution in [0.4, 0.5) is 11.5 Å². The van der Waals surface area contributed by atoms with Crippen molar-refractivity contribution < 1.29 is 9.53 Å². The van der Waals surface area contributed by atoms with Crippen LogP contribution in [0.2, 0.25) is 0 Å². The molecule has 6 heteroatoms. The number of hydrogen-bond donors (Lipinski definition) is 2. The largest absolute Gasteiger partial charge is 0.497 e. The Hall–Kier alpha value is -2.63. The molecular weight excluding hydrogens is 292 g/mol. The molecule has 0 saturated heterocycles. The van der Waals surface area contributed by atoms with Gasteiger partial charge in [0.25, 0.3) is 5.91 Å². The number of hydrogen-bond acceptors (Lipinski definition) is 5. The van der Waals surface area contributed by atoms with Gasteiger partial charge in [-0.05, 0) is 18.6 Å². The molecule has 1 aromatic carbocycles. The molecule has 0 unspecified atom stereocenters. The Morgan fingerprint density at radius 3 is 2.87 bits per heavy atom. The highest BCUT2D eigenvalue weighted by atomic mass is 16.5. The van der Waals surface area contributed by atoms with E-state index in [-0.39, 0.29) is 5.91 Å². The Kier molecular flexibility index (Phi) is 6.35. The monoisotopic (exact) mass is 314 g/mol. The van der Waals surface area contributed by atoms with E-state index in [1.54, 1.807) is 25.3 Å². The van der Waals surface area contributed by atoms with Crippen LogP contribution in [0.5, 0.6) is 5.75 Å². The van der Waals surface area contributed by atoms with E-state index in [0.717, 1.165) is 13.0 Å². The summed E-state index contributed by atoms with van der Waals surface area (Å²) in [7, 11) is 1.59. The van der Waals surface area contributed by atoms with Gasteiger partial charge in [0.2, 0.25) is 0 Å². The minimum absolute atomic E-state index is 0.280. The molecule has 0 spiro atoms. The number of rotatable bonds is 8. The molecule has 2 rings (SSSR count). The van der Waals surface area contributed by atoms with Gasteiger partial charge in [-0.1, -0.05) is 25.8 Å². The molecule has 2 N–H and O–H groups in total. The summed E-state index contributed by atoms with van der Waals surface area (Å²) >= 11 is 0. The summed E-state index contributed by atoms with van der Waals surface area (Å²) in [6, 6.07) is 8.84. The Morgan fingerprint density at radius 2 is 2.09 bits per heavy atom. The summed E-state index contributed by atoms with van der Waals surface area (Å²) in [5.41, 5.74) is 0.978. The lowest BCUT2D eigenvalue weighted by Gasteiger charge is -2.08. The van der Waals surface area contributed by atoms with Crippen molar-refractivity contribution in [1.29, 1.82) is 0 Å². The number of anilines is 2. The predicted molar refractivity (Wildman–Crippen MR) is 91.0 cm³/mol. The Morgan fingerprint density at radius 1 is 1.22 bits per heavy atom. The van der Waals surface area contributed by atoms with Crippen molar-refractivity contribution in [2.45, 2.75) is 26.2 Å². The van der Waals surface area contributed by atoms with Gasteiger partial charge in [-0.25, -0.2) is 9.97 Å². The van der Waals surface area contributed by atoms with Gasteiger partial charge in [-0.2, -0.15) is 0 Å². The fraction of sp³-hybridized carbons (Fsp3) is 0.353. The van der Waals surface area contributed by atoms with Gasteiger partial charge < -0.3 is 15.4 Å². The Balaban J connectivity index is 1.98. The molecule has 0 aliphatic carbocycles. The quantitative estimate of drug-likeness (QED) is 0.731. The molecule has 1 amide bonds. The first-order valence-electron chi connectivity index (χ1n) is 7.74. The van der Waals surface area contributed by atoms with Crippen LogP contribution < -0.4 is 15.4 Å². The van der Waals surface area contributed by atoms with Gasteiger partial charge in [0.15, 0.2) is 0 Å². The lowest BCUT2D eigenvalue weighted by molar-refractivity contribution is 0.102. The molecule has 0 bridgehead atoms. The van der Waals surface area contributed by atoms with Crippen molar-refractivity contribution in [2.24, 2.45) is 0 Å². The summed E-state index contributed by atoms with van der Waals surface area (Å²) < 4.78 is 5.14. The molecule has 122 valence electrons. The maximum Gasteiger partial charge on any atom is 0.274 e. The molecular formula is C17H22N4O2. The summed E-state index contributed by atoms with van der Waals surface area (Å²) in [6.45, 7) is 2.99. The van der Waals surface area contributed by atoms with Crippen molar-refractivity contribution in [1.82, 2.24) is 9.97 Å². The van der Waals surface area contributed by atoms with E-state index >= 15 is 0 Å². The van der Waals surface area contributed by atoms with Crippen LogP contribution in [0.3, 0.4) is 0 Å².